The number of benzene rings is 1. The van der Waals surface area contributed by atoms with Crippen molar-refractivity contribution in [1.29, 1.82) is 0 Å². The first-order valence-electron chi connectivity index (χ1n) is 5.16. The molecule has 1 N–H and O–H groups in total. The van der Waals surface area contributed by atoms with Gasteiger partial charge in [0.2, 0.25) is 0 Å². The van der Waals surface area contributed by atoms with Crippen LogP contribution >= 0.6 is 15.9 Å². The molecule has 0 aliphatic carbocycles. The Hall–Kier alpha value is -1.27. The van der Waals surface area contributed by atoms with Crippen molar-refractivity contribution in [1.82, 2.24) is 14.8 Å². The van der Waals surface area contributed by atoms with Crippen LogP contribution in [0.4, 0.5) is 4.39 Å². The van der Waals surface area contributed by atoms with E-state index in [4.69, 9.17) is 5.11 Å². The summed E-state index contributed by atoms with van der Waals surface area (Å²) in [4.78, 5) is 0. The molecule has 2 aromatic rings. The SMILES string of the molecule is CCn1c(CO)nnc1-c1c(F)cccc1Br. The minimum atomic E-state index is -0.369. The second-order valence-electron chi connectivity index (χ2n) is 3.44. The number of aliphatic hydroxyl groups is 1. The third kappa shape index (κ3) is 2.10. The zero-order valence-electron chi connectivity index (χ0n) is 9.19. The molecule has 0 atom stereocenters. The van der Waals surface area contributed by atoms with Crippen molar-refractivity contribution in [3.63, 3.8) is 0 Å². The van der Waals surface area contributed by atoms with Crippen molar-refractivity contribution in [3.05, 3.63) is 34.3 Å². The van der Waals surface area contributed by atoms with Gasteiger partial charge in [0.05, 0.1) is 5.56 Å². The van der Waals surface area contributed by atoms with Gasteiger partial charge in [-0.2, -0.15) is 0 Å². The highest BCUT2D eigenvalue weighted by Gasteiger charge is 2.17. The smallest absolute Gasteiger partial charge is 0.168 e. The van der Waals surface area contributed by atoms with Crippen LogP contribution in [-0.4, -0.2) is 19.9 Å². The van der Waals surface area contributed by atoms with E-state index in [0.717, 1.165) is 0 Å². The van der Waals surface area contributed by atoms with Crippen molar-refractivity contribution in [3.8, 4) is 11.4 Å². The third-order valence-corrected chi connectivity index (χ3v) is 3.13. The summed E-state index contributed by atoms with van der Waals surface area (Å²) in [6, 6.07) is 4.72. The maximum Gasteiger partial charge on any atom is 0.168 e. The first-order chi connectivity index (χ1) is 8.19. The van der Waals surface area contributed by atoms with Crippen LogP contribution in [0.5, 0.6) is 0 Å². The second kappa shape index (κ2) is 4.93. The molecule has 0 amide bonds. The monoisotopic (exact) mass is 299 g/mol. The standard InChI is InChI=1S/C11H11BrFN3O/c1-2-16-9(6-17)14-15-11(16)10-7(12)4-3-5-8(10)13/h3-5,17H,2,6H2,1H3. The van der Waals surface area contributed by atoms with Crippen molar-refractivity contribution in [2.45, 2.75) is 20.1 Å². The molecule has 0 fully saturated rings. The maximum atomic E-state index is 13.8. The summed E-state index contributed by atoms with van der Waals surface area (Å²) >= 11 is 3.29. The molecule has 2 rings (SSSR count). The molecule has 0 unspecified atom stereocenters. The average Bonchev–Trinajstić information content (AvgIpc) is 2.71. The molecule has 0 bridgehead atoms. The van der Waals surface area contributed by atoms with Crippen molar-refractivity contribution in [2.75, 3.05) is 0 Å². The van der Waals surface area contributed by atoms with Crippen LogP contribution in [-0.2, 0) is 13.2 Å². The van der Waals surface area contributed by atoms with Crippen LogP contribution in [0.25, 0.3) is 11.4 Å². The molecule has 0 aliphatic heterocycles. The summed E-state index contributed by atoms with van der Waals surface area (Å²) in [5, 5.41) is 16.9. The lowest BCUT2D eigenvalue weighted by molar-refractivity contribution is 0.265. The normalized spacial score (nSPS) is 10.8. The fourth-order valence-electron chi connectivity index (χ4n) is 1.68. The Kier molecular flexibility index (Phi) is 3.54. The fraction of sp³-hybridized carbons (Fsp3) is 0.273. The van der Waals surface area contributed by atoms with Gasteiger partial charge < -0.3 is 9.67 Å². The van der Waals surface area contributed by atoms with Gasteiger partial charge in [0.25, 0.3) is 0 Å². The van der Waals surface area contributed by atoms with Crippen LogP contribution in [0.2, 0.25) is 0 Å². The third-order valence-electron chi connectivity index (χ3n) is 2.47. The van der Waals surface area contributed by atoms with Gasteiger partial charge in [-0.3, -0.25) is 0 Å². The van der Waals surface area contributed by atoms with Crippen LogP contribution in [0.3, 0.4) is 0 Å². The van der Waals surface area contributed by atoms with Gasteiger partial charge in [-0.15, -0.1) is 10.2 Å². The number of rotatable bonds is 3. The van der Waals surface area contributed by atoms with Crippen LogP contribution < -0.4 is 0 Å². The van der Waals surface area contributed by atoms with E-state index < -0.39 is 0 Å². The molecule has 90 valence electrons. The van der Waals surface area contributed by atoms with Gasteiger partial charge in [-0.1, -0.05) is 6.07 Å². The molecular weight excluding hydrogens is 289 g/mol. The lowest BCUT2D eigenvalue weighted by Gasteiger charge is -2.08. The molecule has 6 heteroatoms. The molecule has 0 spiro atoms. The van der Waals surface area contributed by atoms with Gasteiger partial charge >= 0.3 is 0 Å². The minimum absolute atomic E-state index is 0.215. The van der Waals surface area contributed by atoms with E-state index in [-0.39, 0.29) is 12.4 Å². The van der Waals surface area contributed by atoms with Gasteiger partial charge in [0, 0.05) is 11.0 Å². The van der Waals surface area contributed by atoms with Gasteiger partial charge in [-0.05, 0) is 35.0 Å². The maximum absolute atomic E-state index is 13.8. The van der Waals surface area contributed by atoms with E-state index >= 15 is 0 Å². The van der Waals surface area contributed by atoms with E-state index in [1.807, 2.05) is 6.92 Å². The van der Waals surface area contributed by atoms with E-state index in [0.29, 0.717) is 28.2 Å². The first-order valence-corrected chi connectivity index (χ1v) is 5.95. The van der Waals surface area contributed by atoms with Crippen molar-refractivity contribution >= 4 is 15.9 Å². The lowest BCUT2D eigenvalue weighted by Crippen LogP contribution is -2.04. The van der Waals surface area contributed by atoms with Gasteiger partial charge in [0.15, 0.2) is 11.6 Å². The Labute approximate surface area is 106 Å². The highest BCUT2D eigenvalue weighted by Crippen LogP contribution is 2.29. The molecule has 0 saturated carbocycles. The number of hydrogen-bond donors (Lipinski definition) is 1. The van der Waals surface area contributed by atoms with E-state index in [1.165, 1.54) is 6.07 Å². The number of halogens is 2. The summed E-state index contributed by atoms with van der Waals surface area (Å²) in [7, 11) is 0. The topological polar surface area (TPSA) is 50.9 Å². The number of aliphatic hydroxyl groups excluding tert-OH is 1. The van der Waals surface area contributed by atoms with Crippen molar-refractivity contribution in [2.24, 2.45) is 0 Å². The summed E-state index contributed by atoms with van der Waals surface area (Å²) in [5.41, 5.74) is 0.363. The molecule has 1 aromatic heterocycles. The molecule has 0 radical (unpaired) electrons. The highest BCUT2D eigenvalue weighted by molar-refractivity contribution is 9.10. The first kappa shape index (κ1) is 12.2. The Balaban J connectivity index is 2.64. The largest absolute Gasteiger partial charge is 0.388 e. The molecule has 0 saturated heterocycles. The van der Waals surface area contributed by atoms with E-state index in [1.54, 1.807) is 16.7 Å². The predicted molar refractivity (Wildman–Crippen MR) is 64.7 cm³/mol. The van der Waals surface area contributed by atoms with E-state index in [9.17, 15) is 4.39 Å². The molecule has 1 heterocycles. The minimum Gasteiger partial charge on any atom is -0.388 e. The average molecular weight is 300 g/mol. The molecular formula is C11H11BrFN3O. The summed E-state index contributed by atoms with van der Waals surface area (Å²) in [6.07, 6.45) is 0. The summed E-state index contributed by atoms with van der Waals surface area (Å²) in [6.45, 7) is 2.24. The molecule has 4 nitrogen and oxygen atoms in total. The Morgan fingerprint density at radius 2 is 2.18 bits per heavy atom. The summed E-state index contributed by atoms with van der Waals surface area (Å²) < 4.78 is 16.1. The Bertz CT molecular complexity index is 521. The van der Waals surface area contributed by atoms with Crippen molar-refractivity contribution < 1.29 is 9.50 Å². The number of hydrogen-bond acceptors (Lipinski definition) is 3. The summed E-state index contributed by atoms with van der Waals surface area (Å²) in [5.74, 6) is 0.477. The Morgan fingerprint density at radius 1 is 1.41 bits per heavy atom. The molecule has 17 heavy (non-hydrogen) atoms. The zero-order valence-corrected chi connectivity index (χ0v) is 10.8. The fourth-order valence-corrected chi connectivity index (χ4v) is 2.20. The van der Waals surface area contributed by atoms with Crippen LogP contribution in [0.15, 0.2) is 22.7 Å². The number of aromatic nitrogens is 3. The lowest BCUT2D eigenvalue weighted by atomic mass is 10.2. The quantitative estimate of drug-likeness (QED) is 0.946. The Morgan fingerprint density at radius 3 is 2.76 bits per heavy atom. The van der Waals surface area contributed by atoms with Crippen LogP contribution in [0, 0.1) is 5.82 Å². The molecule has 1 aromatic carbocycles. The predicted octanol–water partition coefficient (Wildman–Crippen LogP) is 2.36. The van der Waals surface area contributed by atoms with Crippen LogP contribution in [0.1, 0.15) is 12.7 Å². The van der Waals surface area contributed by atoms with E-state index in [2.05, 4.69) is 26.1 Å². The zero-order chi connectivity index (χ0) is 12.4. The van der Waals surface area contributed by atoms with Gasteiger partial charge in [-0.25, -0.2) is 4.39 Å². The highest BCUT2D eigenvalue weighted by atomic mass is 79.9. The second-order valence-corrected chi connectivity index (χ2v) is 4.29. The van der Waals surface area contributed by atoms with Gasteiger partial charge in [0.1, 0.15) is 12.4 Å². The molecule has 0 aliphatic rings. The number of nitrogens with zero attached hydrogens (tertiary/aromatic N) is 3.